The monoisotopic (exact) mass is 332 g/mol. The summed E-state index contributed by atoms with van der Waals surface area (Å²) in [6.45, 7) is 1.57. The Morgan fingerprint density at radius 3 is 2.39 bits per heavy atom. The van der Waals surface area contributed by atoms with Crippen molar-refractivity contribution < 1.29 is 14.4 Å². The number of nitrogens with one attached hydrogen (secondary N) is 1. The van der Waals surface area contributed by atoms with Crippen molar-refractivity contribution >= 4 is 35.0 Å². The maximum atomic E-state index is 12.5. The van der Waals surface area contributed by atoms with Gasteiger partial charge in [0.1, 0.15) is 6.04 Å². The number of fused-ring (bicyclic) bond motifs is 1. The average molecular weight is 333 g/mol. The molecule has 6 heteroatoms. The summed E-state index contributed by atoms with van der Waals surface area (Å²) in [5.41, 5.74) is 0.535. The molecule has 5 nitrogen and oxygen atoms in total. The number of nitrogens with zero attached hydrogens (tertiary/aromatic N) is 1. The number of anilines is 1. The smallest absolute Gasteiger partial charge is 0.247 e. The maximum absolute atomic E-state index is 12.5. The molecule has 1 heterocycles. The Hall–Kier alpha value is -2.14. The summed E-state index contributed by atoms with van der Waals surface area (Å²) >= 11 is 5.89. The fraction of sp³-hybridized carbons (Fsp3) is 0.353. The summed E-state index contributed by atoms with van der Waals surface area (Å²) < 4.78 is 0. The van der Waals surface area contributed by atoms with E-state index in [0.29, 0.717) is 23.6 Å². The Morgan fingerprint density at radius 2 is 1.83 bits per heavy atom. The molecule has 2 aliphatic rings. The summed E-state index contributed by atoms with van der Waals surface area (Å²) in [7, 11) is 0. The van der Waals surface area contributed by atoms with Crippen LogP contribution < -0.4 is 5.32 Å². The van der Waals surface area contributed by atoms with E-state index in [-0.39, 0.29) is 23.7 Å². The molecule has 3 rings (SSSR count). The van der Waals surface area contributed by atoms with Crippen LogP contribution in [0, 0.1) is 11.8 Å². The summed E-state index contributed by atoms with van der Waals surface area (Å²) in [5.74, 6) is -1.56. The summed E-state index contributed by atoms with van der Waals surface area (Å²) in [6.07, 6.45) is 4.97. The van der Waals surface area contributed by atoms with Gasteiger partial charge in [0.25, 0.3) is 0 Å². The third kappa shape index (κ3) is 2.88. The predicted molar refractivity (Wildman–Crippen MR) is 86.8 cm³/mol. The van der Waals surface area contributed by atoms with Gasteiger partial charge in [-0.15, -0.1) is 0 Å². The fourth-order valence-corrected chi connectivity index (χ4v) is 3.33. The van der Waals surface area contributed by atoms with E-state index in [1.165, 1.54) is 0 Å². The zero-order valence-electron chi connectivity index (χ0n) is 12.7. The van der Waals surface area contributed by atoms with E-state index in [9.17, 15) is 14.4 Å². The second-order valence-corrected chi connectivity index (χ2v) is 6.31. The molecule has 0 bridgehead atoms. The Kier molecular flexibility index (Phi) is 4.22. The van der Waals surface area contributed by atoms with Gasteiger partial charge in [0, 0.05) is 10.7 Å². The standard InChI is InChI=1S/C17H17ClN2O3/c1-10(15(21)19-12-6-4-5-11(18)9-12)20-16(22)13-7-2-3-8-14(13)17(20)23/h2-6,9-10,13-14H,7-8H2,1H3,(H,19,21)/t10-,13+,14+/m0/s1. The minimum Gasteiger partial charge on any atom is -0.324 e. The Balaban J connectivity index is 1.75. The van der Waals surface area contributed by atoms with Crippen LogP contribution in [-0.2, 0) is 14.4 Å². The van der Waals surface area contributed by atoms with Crippen molar-refractivity contribution in [1.82, 2.24) is 4.90 Å². The summed E-state index contributed by atoms with van der Waals surface area (Å²) in [6, 6.07) is 5.89. The first-order chi connectivity index (χ1) is 11.0. The highest BCUT2D eigenvalue weighted by atomic mass is 35.5. The predicted octanol–water partition coefficient (Wildman–Crippen LogP) is 2.62. The molecule has 0 radical (unpaired) electrons. The summed E-state index contributed by atoms with van der Waals surface area (Å²) in [4.78, 5) is 38.5. The molecule has 0 spiro atoms. The molecule has 0 saturated carbocycles. The van der Waals surface area contributed by atoms with Crippen LogP contribution in [0.1, 0.15) is 19.8 Å². The second-order valence-electron chi connectivity index (χ2n) is 5.88. The van der Waals surface area contributed by atoms with Gasteiger partial charge >= 0.3 is 0 Å². The molecule has 3 amide bonds. The lowest BCUT2D eigenvalue weighted by Gasteiger charge is -2.22. The number of imide groups is 1. The van der Waals surface area contributed by atoms with Crippen molar-refractivity contribution in [2.75, 3.05) is 5.32 Å². The third-order valence-electron chi connectivity index (χ3n) is 4.40. The summed E-state index contributed by atoms with van der Waals surface area (Å²) in [5, 5.41) is 3.20. The van der Waals surface area contributed by atoms with Crippen LogP contribution in [0.15, 0.2) is 36.4 Å². The van der Waals surface area contributed by atoms with Crippen LogP contribution in [0.2, 0.25) is 5.02 Å². The third-order valence-corrected chi connectivity index (χ3v) is 4.64. The molecule has 0 unspecified atom stereocenters. The minimum atomic E-state index is -0.848. The highest BCUT2D eigenvalue weighted by Crippen LogP contribution is 2.36. The first kappa shape index (κ1) is 15.7. The number of allylic oxidation sites excluding steroid dienone is 2. The van der Waals surface area contributed by atoms with E-state index in [2.05, 4.69) is 5.32 Å². The Bertz CT molecular complexity index is 675. The van der Waals surface area contributed by atoms with Gasteiger partial charge in [-0.2, -0.15) is 0 Å². The second kappa shape index (κ2) is 6.16. The molecule has 1 saturated heterocycles. The normalized spacial score (nSPS) is 24.5. The van der Waals surface area contributed by atoms with Crippen LogP contribution in [-0.4, -0.2) is 28.7 Å². The number of benzene rings is 1. The number of hydrogen-bond acceptors (Lipinski definition) is 3. The largest absolute Gasteiger partial charge is 0.324 e. The van der Waals surface area contributed by atoms with Crippen molar-refractivity contribution in [1.29, 1.82) is 0 Å². The van der Waals surface area contributed by atoms with Crippen LogP contribution in [0.4, 0.5) is 5.69 Å². The van der Waals surface area contributed by atoms with Gasteiger partial charge in [0.05, 0.1) is 11.8 Å². The van der Waals surface area contributed by atoms with Gasteiger partial charge in [-0.05, 0) is 38.0 Å². The molecule has 1 aliphatic heterocycles. The van der Waals surface area contributed by atoms with E-state index >= 15 is 0 Å². The molecule has 23 heavy (non-hydrogen) atoms. The quantitative estimate of drug-likeness (QED) is 0.683. The SMILES string of the molecule is C[C@@H](C(=O)Nc1cccc(Cl)c1)N1C(=O)[C@@H]2CC=CC[C@H]2C1=O. The van der Waals surface area contributed by atoms with Gasteiger partial charge in [0.2, 0.25) is 17.7 Å². The van der Waals surface area contributed by atoms with Crippen molar-refractivity contribution in [3.05, 3.63) is 41.4 Å². The van der Waals surface area contributed by atoms with E-state index in [4.69, 9.17) is 11.6 Å². The molecule has 1 aliphatic carbocycles. The van der Waals surface area contributed by atoms with Gasteiger partial charge in [0.15, 0.2) is 0 Å². The molecule has 0 aromatic heterocycles. The number of rotatable bonds is 3. The molecular formula is C17H17ClN2O3. The van der Waals surface area contributed by atoms with Gasteiger partial charge in [-0.1, -0.05) is 29.8 Å². The zero-order chi connectivity index (χ0) is 16.6. The van der Waals surface area contributed by atoms with Crippen molar-refractivity contribution in [3.63, 3.8) is 0 Å². The molecule has 3 atom stereocenters. The molecule has 1 fully saturated rings. The van der Waals surface area contributed by atoms with Crippen LogP contribution in [0.3, 0.4) is 0 Å². The van der Waals surface area contributed by atoms with Crippen molar-refractivity contribution in [3.8, 4) is 0 Å². The molecule has 120 valence electrons. The van der Waals surface area contributed by atoms with E-state index < -0.39 is 11.9 Å². The number of amides is 3. The van der Waals surface area contributed by atoms with Crippen LogP contribution in [0.5, 0.6) is 0 Å². The average Bonchev–Trinajstić information content (AvgIpc) is 2.79. The van der Waals surface area contributed by atoms with Crippen LogP contribution >= 0.6 is 11.6 Å². The molecular weight excluding hydrogens is 316 g/mol. The molecule has 1 aromatic rings. The highest BCUT2D eigenvalue weighted by Gasteiger charge is 2.50. The van der Waals surface area contributed by atoms with Gasteiger partial charge in [-0.25, -0.2) is 0 Å². The van der Waals surface area contributed by atoms with Crippen molar-refractivity contribution in [2.45, 2.75) is 25.8 Å². The highest BCUT2D eigenvalue weighted by molar-refractivity contribution is 6.30. The lowest BCUT2D eigenvalue weighted by atomic mass is 9.85. The van der Waals surface area contributed by atoms with E-state index in [1.54, 1.807) is 31.2 Å². The topological polar surface area (TPSA) is 66.5 Å². The van der Waals surface area contributed by atoms with Crippen molar-refractivity contribution in [2.24, 2.45) is 11.8 Å². The molecule has 1 aromatic carbocycles. The number of halogens is 1. The lowest BCUT2D eigenvalue weighted by molar-refractivity contribution is -0.146. The lowest BCUT2D eigenvalue weighted by Crippen LogP contribution is -2.46. The Labute approximate surface area is 139 Å². The number of carbonyl (C=O) groups excluding carboxylic acids is 3. The maximum Gasteiger partial charge on any atom is 0.247 e. The van der Waals surface area contributed by atoms with Gasteiger partial charge in [-0.3, -0.25) is 19.3 Å². The first-order valence-electron chi connectivity index (χ1n) is 7.57. The number of carbonyl (C=O) groups is 3. The van der Waals surface area contributed by atoms with Crippen LogP contribution in [0.25, 0.3) is 0 Å². The minimum absolute atomic E-state index is 0.252. The van der Waals surface area contributed by atoms with E-state index in [0.717, 1.165) is 4.90 Å². The van der Waals surface area contributed by atoms with E-state index in [1.807, 2.05) is 12.2 Å². The first-order valence-corrected chi connectivity index (χ1v) is 7.95. The molecule has 1 N–H and O–H groups in total. The zero-order valence-corrected chi connectivity index (χ0v) is 13.4. The number of likely N-dealkylation sites (tertiary alicyclic amines) is 1. The number of hydrogen-bond donors (Lipinski definition) is 1. The fourth-order valence-electron chi connectivity index (χ4n) is 3.14. The Morgan fingerprint density at radius 1 is 1.22 bits per heavy atom. The van der Waals surface area contributed by atoms with Gasteiger partial charge < -0.3 is 5.32 Å².